The lowest BCUT2D eigenvalue weighted by atomic mass is 9.74. The zero-order valence-electron chi connectivity index (χ0n) is 17.8. The molecule has 1 unspecified atom stereocenters. The van der Waals surface area contributed by atoms with Crippen LogP contribution in [0.5, 0.6) is 0 Å². The Morgan fingerprint density at radius 3 is 2.65 bits per heavy atom. The summed E-state index contributed by atoms with van der Waals surface area (Å²) in [6, 6.07) is 1.43. The van der Waals surface area contributed by atoms with E-state index in [1.54, 1.807) is 34.3 Å². The number of alkyl halides is 3. The van der Waals surface area contributed by atoms with Crippen molar-refractivity contribution in [3.05, 3.63) is 57.7 Å². The number of halogens is 4. The first-order valence-corrected chi connectivity index (χ1v) is 12.0. The maximum atomic E-state index is 13.3. The van der Waals surface area contributed by atoms with Crippen molar-refractivity contribution >= 4 is 34.3 Å². The van der Waals surface area contributed by atoms with Gasteiger partial charge in [-0.3, -0.25) is 9.38 Å². The third-order valence-electron chi connectivity index (χ3n) is 7.03. The Morgan fingerprint density at radius 2 is 1.91 bits per heavy atom. The first-order chi connectivity index (χ1) is 16.3. The molecule has 6 rings (SSSR count). The molecule has 5 heterocycles. The summed E-state index contributed by atoms with van der Waals surface area (Å²) in [4.78, 5) is 20.3. The van der Waals surface area contributed by atoms with Crippen molar-refractivity contribution < 1.29 is 13.2 Å². The number of aromatic nitrogens is 5. The van der Waals surface area contributed by atoms with Gasteiger partial charge in [0.2, 0.25) is 0 Å². The average molecular weight is 506 g/mol. The van der Waals surface area contributed by atoms with Crippen molar-refractivity contribution in [1.82, 2.24) is 24.3 Å². The summed E-state index contributed by atoms with van der Waals surface area (Å²) in [7, 11) is 0. The number of piperidine rings is 1. The molecule has 1 atom stereocenters. The quantitative estimate of drug-likeness (QED) is 0.422. The van der Waals surface area contributed by atoms with Crippen LogP contribution in [0.25, 0.3) is 16.9 Å². The Kier molecular flexibility index (Phi) is 4.88. The molecule has 1 aliphatic carbocycles. The van der Waals surface area contributed by atoms with E-state index in [0.29, 0.717) is 11.3 Å². The fourth-order valence-corrected chi connectivity index (χ4v) is 6.46. The lowest BCUT2D eigenvalue weighted by Crippen LogP contribution is -2.44. The molecule has 0 radical (unpaired) electrons. The highest BCUT2D eigenvalue weighted by molar-refractivity contribution is 7.09. The molecule has 1 spiro atoms. The Hall–Kier alpha value is -2.76. The van der Waals surface area contributed by atoms with E-state index < -0.39 is 16.9 Å². The van der Waals surface area contributed by atoms with Crippen molar-refractivity contribution in [3.63, 3.8) is 0 Å². The van der Waals surface area contributed by atoms with Crippen LogP contribution in [0.3, 0.4) is 0 Å². The molecule has 2 N–H and O–H groups in total. The summed E-state index contributed by atoms with van der Waals surface area (Å²) >= 11 is 7.74. The number of anilines is 1. The number of rotatable bonds is 2. The van der Waals surface area contributed by atoms with Gasteiger partial charge in [-0.25, -0.2) is 15.0 Å². The fourth-order valence-electron chi connectivity index (χ4n) is 5.21. The van der Waals surface area contributed by atoms with Gasteiger partial charge >= 0.3 is 6.18 Å². The van der Waals surface area contributed by atoms with Gasteiger partial charge < -0.3 is 10.6 Å². The van der Waals surface area contributed by atoms with Crippen LogP contribution in [0.15, 0.2) is 36.4 Å². The summed E-state index contributed by atoms with van der Waals surface area (Å²) in [6.07, 6.45) is 4.07. The number of pyridine rings is 1. The van der Waals surface area contributed by atoms with Crippen molar-refractivity contribution in [2.75, 3.05) is 18.0 Å². The highest BCUT2D eigenvalue weighted by atomic mass is 35.5. The number of nitrogens with zero attached hydrogens (tertiary/aromatic N) is 6. The van der Waals surface area contributed by atoms with E-state index in [0.717, 1.165) is 50.1 Å². The van der Waals surface area contributed by atoms with E-state index >= 15 is 0 Å². The van der Waals surface area contributed by atoms with Crippen LogP contribution in [0.1, 0.15) is 35.1 Å². The monoisotopic (exact) mass is 505 g/mol. The molecule has 4 aromatic heterocycles. The number of hydrogen-bond donors (Lipinski definition) is 1. The molecule has 2 aliphatic rings. The van der Waals surface area contributed by atoms with Crippen molar-refractivity contribution in [3.8, 4) is 11.4 Å². The number of nitrogens with two attached hydrogens (primary N) is 1. The van der Waals surface area contributed by atoms with E-state index in [4.69, 9.17) is 17.3 Å². The largest absolute Gasteiger partial charge is 0.434 e. The number of hydrogen-bond acceptors (Lipinski definition) is 7. The smallest absolute Gasteiger partial charge is 0.355 e. The Balaban J connectivity index is 1.31. The molecule has 176 valence electrons. The molecule has 12 heteroatoms. The molecule has 1 saturated heterocycles. The minimum atomic E-state index is -4.66. The first kappa shape index (κ1) is 21.8. The zero-order valence-corrected chi connectivity index (χ0v) is 19.3. The van der Waals surface area contributed by atoms with Crippen LogP contribution in [0, 0.1) is 5.41 Å². The zero-order chi connectivity index (χ0) is 23.7. The molecule has 1 fully saturated rings. The normalized spacial score (nSPS) is 19.8. The molecule has 0 amide bonds. The Morgan fingerprint density at radius 1 is 1.12 bits per heavy atom. The maximum Gasteiger partial charge on any atom is 0.434 e. The lowest BCUT2D eigenvalue weighted by molar-refractivity contribution is -0.141. The predicted octanol–water partition coefficient (Wildman–Crippen LogP) is 4.76. The van der Waals surface area contributed by atoms with Crippen LogP contribution in [0.4, 0.5) is 19.0 Å². The second-order valence-corrected chi connectivity index (χ2v) is 10.0. The molecular formula is C22H19ClF3N7S. The van der Waals surface area contributed by atoms with E-state index in [1.807, 2.05) is 5.51 Å². The van der Waals surface area contributed by atoms with Gasteiger partial charge in [-0.15, -0.1) is 11.3 Å². The maximum absolute atomic E-state index is 13.3. The standard InChI is InChI=1S/C22H19ClF3N7S/c23-15-12(1-4-28-18(15)22(24,25)26)19-30-10-14-20(29-5-8-33(14)19)32-6-2-21(3-7-32)9-13-16(17(21)27)34-11-31-13/h1,4-5,8,10-11,17H,2-3,6-7,9,27H2. The number of thiazole rings is 1. The summed E-state index contributed by atoms with van der Waals surface area (Å²) in [5.74, 6) is 1.04. The minimum absolute atomic E-state index is 0.000804. The van der Waals surface area contributed by atoms with E-state index in [1.165, 1.54) is 10.9 Å². The molecule has 0 saturated carbocycles. The van der Waals surface area contributed by atoms with Gasteiger partial charge in [-0.2, -0.15) is 13.2 Å². The highest BCUT2D eigenvalue weighted by Crippen LogP contribution is 2.52. The number of fused-ring (bicyclic) bond motifs is 2. The molecule has 7 nitrogen and oxygen atoms in total. The third-order valence-corrected chi connectivity index (χ3v) is 8.37. The van der Waals surface area contributed by atoms with Gasteiger partial charge in [0.1, 0.15) is 11.3 Å². The van der Waals surface area contributed by atoms with Gasteiger partial charge in [0, 0.05) is 48.2 Å². The van der Waals surface area contributed by atoms with Crippen LogP contribution < -0.4 is 10.6 Å². The summed E-state index contributed by atoms with van der Waals surface area (Å²) in [5.41, 5.74) is 9.36. The number of imidazole rings is 1. The van der Waals surface area contributed by atoms with Crippen molar-refractivity contribution in [2.45, 2.75) is 31.5 Å². The second kappa shape index (κ2) is 7.62. The molecular weight excluding hydrogens is 487 g/mol. The summed E-state index contributed by atoms with van der Waals surface area (Å²) < 4.78 is 41.6. The van der Waals surface area contributed by atoms with Crippen molar-refractivity contribution in [1.29, 1.82) is 0 Å². The molecule has 0 bridgehead atoms. The van der Waals surface area contributed by atoms with E-state index in [-0.39, 0.29) is 17.0 Å². The van der Waals surface area contributed by atoms with Gasteiger partial charge in [-0.1, -0.05) is 11.6 Å². The predicted molar refractivity (Wildman–Crippen MR) is 123 cm³/mol. The lowest BCUT2D eigenvalue weighted by Gasteiger charge is -2.42. The van der Waals surface area contributed by atoms with Gasteiger partial charge in [0.15, 0.2) is 11.5 Å². The van der Waals surface area contributed by atoms with E-state index in [2.05, 4.69) is 24.8 Å². The van der Waals surface area contributed by atoms with Gasteiger partial charge in [0.05, 0.1) is 22.4 Å². The van der Waals surface area contributed by atoms with Crippen LogP contribution >= 0.6 is 22.9 Å². The van der Waals surface area contributed by atoms with Crippen LogP contribution in [-0.4, -0.2) is 37.4 Å². The van der Waals surface area contributed by atoms with Crippen molar-refractivity contribution in [2.24, 2.45) is 11.1 Å². The second-order valence-electron chi connectivity index (χ2n) is 8.77. The summed E-state index contributed by atoms with van der Waals surface area (Å²) in [6.45, 7) is 1.54. The topological polar surface area (TPSA) is 85.2 Å². The Bertz CT molecular complexity index is 1390. The SMILES string of the molecule is NC1c2scnc2CC12CCN(c1nccn3c(-c4ccnc(C(F)(F)F)c4Cl)ncc13)CC2. The fraction of sp³-hybridized carbons (Fsp3) is 0.364. The Labute approximate surface area is 201 Å². The molecule has 4 aromatic rings. The summed E-state index contributed by atoms with van der Waals surface area (Å²) in [5, 5.41) is -0.475. The van der Waals surface area contributed by atoms with Gasteiger partial charge in [-0.05, 0) is 30.7 Å². The highest BCUT2D eigenvalue weighted by Gasteiger charge is 2.47. The van der Waals surface area contributed by atoms with E-state index in [9.17, 15) is 13.2 Å². The van der Waals surface area contributed by atoms with Crippen LogP contribution in [0.2, 0.25) is 5.02 Å². The molecule has 34 heavy (non-hydrogen) atoms. The molecule has 1 aliphatic heterocycles. The first-order valence-electron chi connectivity index (χ1n) is 10.8. The minimum Gasteiger partial charge on any atom is -0.355 e. The molecule has 0 aromatic carbocycles. The average Bonchev–Trinajstić information content (AvgIpc) is 3.50. The van der Waals surface area contributed by atoms with Gasteiger partial charge in [0.25, 0.3) is 0 Å². The van der Waals surface area contributed by atoms with Crippen LogP contribution in [-0.2, 0) is 12.6 Å². The third kappa shape index (κ3) is 3.21.